The molecule has 0 aliphatic carbocycles. The van der Waals surface area contributed by atoms with Crippen LogP contribution in [0.15, 0.2) is 47.7 Å². The summed E-state index contributed by atoms with van der Waals surface area (Å²) in [4.78, 5) is 6.91. The zero-order valence-corrected chi connectivity index (χ0v) is 16.6. The molecule has 0 spiro atoms. The zero-order valence-electron chi connectivity index (χ0n) is 16.6. The van der Waals surface area contributed by atoms with Crippen molar-refractivity contribution in [2.75, 3.05) is 39.8 Å². The molecule has 2 heterocycles. The van der Waals surface area contributed by atoms with Gasteiger partial charge in [0.2, 0.25) is 0 Å². The number of aromatic nitrogens is 2. The maximum absolute atomic E-state index is 4.34. The van der Waals surface area contributed by atoms with Crippen molar-refractivity contribution in [1.29, 1.82) is 0 Å². The summed E-state index contributed by atoms with van der Waals surface area (Å²) < 4.78 is 1.87. The molecule has 3 rings (SSSR count). The van der Waals surface area contributed by atoms with Gasteiger partial charge in [-0.2, -0.15) is 5.10 Å². The molecule has 1 fully saturated rings. The van der Waals surface area contributed by atoms with E-state index >= 15 is 0 Å². The highest BCUT2D eigenvalue weighted by Gasteiger charge is 2.14. The van der Waals surface area contributed by atoms with Crippen molar-refractivity contribution in [3.8, 4) is 5.69 Å². The van der Waals surface area contributed by atoms with E-state index in [-0.39, 0.29) is 0 Å². The summed E-state index contributed by atoms with van der Waals surface area (Å²) in [6.07, 6.45) is 7.42. The Kier molecular flexibility index (Phi) is 7.27. The van der Waals surface area contributed by atoms with Crippen LogP contribution >= 0.6 is 0 Å². The van der Waals surface area contributed by atoms with Crippen LogP contribution in [0.25, 0.3) is 5.69 Å². The van der Waals surface area contributed by atoms with E-state index in [0.717, 1.165) is 31.2 Å². The van der Waals surface area contributed by atoms with Crippen molar-refractivity contribution in [1.82, 2.24) is 25.3 Å². The fourth-order valence-corrected chi connectivity index (χ4v) is 3.52. The molecule has 1 aromatic carbocycles. The van der Waals surface area contributed by atoms with E-state index in [1.165, 1.54) is 38.0 Å². The maximum atomic E-state index is 4.34. The Labute approximate surface area is 162 Å². The fraction of sp³-hybridized carbons (Fsp3) is 0.524. The molecule has 1 atom stereocenters. The summed E-state index contributed by atoms with van der Waals surface area (Å²) in [5, 5.41) is 11.1. The molecular formula is C21H32N6. The van der Waals surface area contributed by atoms with Crippen molar-refractivity contribution in [3.63, 3.8) is 0 Å². The Hall–Kier alpha value is -2.34. The molecule has 0 saturated carbocycles. The zero-order chi connectivity index (χ0) is 18.9. The number of rotatable bonds is 8. The third kappa shape index (κ3) is 6.10. The average molecular weight is 369 g/mol. The molecule has 6 nitrogen and oxygen atoms in total. The maximum Gasteiger partial charge on any atom is 0.190 e. The third-order valence-electron chi connectivity index (χ3n) is 5.02. The predicted molar refractivity (Wildman–Crippen MR) is 111 cm³/mol. The number of aliphatic imine (C=N–C) groups is 1. The summed E-state index contributed by atoms with van der Waals surface area (Å²) in [5.74, 6) is 1.51. The first-order chi connectivity index (χ1) is 13.2. The third-order valence-corrected chi connectivity index (χ3v) is 5.02. The molecule has 2 aromatic rings. The Morgan fingerprint density at radius 1 is 1.19 bits per heavy atom. The smallest absolute Gasteiger partial charge is 0.190 e. The van der Waals surface area contributed by atoms with Crippen molar-refractivity contribution in [2.45, 2.75) is 26.2 Å². The van der Waals surface area contributed by atoms with Gasteiger partial charge >= 0.3 is 0 Å². The SMILES string of the molecule is CN=C(NCCc1ccc(-n2cccn2)cc1)NCC(C)CN1CCCC1. The van der Waals surface area contributed by atoms with Crippen LogP contribution in [0.4, 0.5) is 0 Å². The van der Waals surface area contributed by atoms with Gasteiger partial charge in [-0.05, 0) is 62.0 Å². The second-order valence-electron chi connectivity index (χ2n) is 7.36. The molecule has 0 bridgehead atoms. The Balaban J connectivity index is 1.36. The summed E-state index contributed by atoms with van der Waals surface area (Å²) in [7, 11) is 1.83. The lowest BCUT2D eigenvalue weighted by Gasteiger charge is -2.21. The van der Waals surface area contributed by atoms with E-state index in [1.807, 2.05) is 24.0 Å². The van der Waals surface area contributed by atoms with Crippen molar-refractivity contribution in [2.24, 2.45) is 10.9 Å². The van der Waals surface area contributed by atoms with Crippen LogP contribution in [0.3, 0.4) is 0 Å². The highest BCUT2D eigenvalue weighted by atomic mass is 15.3. The molecule has 27 heavy (non-hydrogen) atoms. The molecule has 1 saturated heterocycles. The lowest BCUT2D eigenvalue weighted by atomic mass is 10.1. The van der Waals surface area contributed by atoms with E-state index in [2.05, 4.69) is 56.8 Å². The first-order valence-electron chi connectivity index (χ1n) is 10.0. The number of nitrogens with zero attached hydrogens (tertiary/aromatic N) is 4. The molecule has 1 unspecified atom stereocenters. The van der Waals surface area contributed by atoms with Crippen LogP contribution in [-0.2, 0) is 6.42 Å². The van der Waals surface area contributed by atoms with E-state index in [0.29, 0.717) is 5.92 Å². The van der Waals surface area contributed by atoms with Gasteiger partial charge in [-0.25, -0.2) is 4.68 Å². The molecule has 1 aliphatic rings. The van der Waals surface area contributed by atoms with Gasteiger partial charge in [-0.1, -0.05) is 19.1 Å². The second-order valence-corrected chi connectivity index (χ2v) is 7.36. The van der Waals surface area contributed by atoms with Crippen LogP contribution in [0.1, 0.15) is 25.3 Å². The van der Waals surface area contributed by atoms with E-state index in [9.17, 15) is 0 Å². The molecule has 6 heteroatoms. The topological polar surface area (TPSA) is 57.5 Å². The monoisotopic (exact) mass is 368 g/mol. The second kappa shape index (κ2) is 10.1. The van der Waals surface area contributed by atoms with Gasteiger partial charge in [0.15, 0.2) is 5.96 Å². The Bertz CT molecular complexity index is 686. The van der Waals surface area contributed by atoms with Gasteiger partial charge in [-0.3, -0.25) is 4.99 Å². The van der Waals surface area contributed by atoms with Gasteiger partial charge in [0.25, 0.3) is 0 Å². The van der Waals surface area contributed by atoms with Gasteiger partial charge in [0.1, 0.15) is 0 Å². The standard InChI is InChI=1S/C21H32N6/c1-18(17-26-13-3-4-14-26)16-24-21(22-2)23-12-10-19-6-8-20(9-7-19)27-15-5-11-25-27/h5-9,11,15,18H,3-4,10,12-14,16-17H2,1-2H3,(H2,22,23,24). The van der Waals surface area contributed by atoms with Crippen molar-refractivity contribution < 1.29 is 0 Å². The van der Waals surface area contributed by atoms with Gasteiger partial charge in [0.05, 0.1) is 5.69 Å². The van der Waals surface area contributed by atoms with Crippen LogP contribution in [0.2, 0.25) is 0 Å². The first kappa shape index (κ1) is 19.4. The number of likely N-dealkylation sites (tertiary alicyclic amines) is 1. The normalized spacial score (nSPS) is 16.4. The summed E-state index contributed by atoms with van der Waals surface area (Å²) in [5.41, 5.74) is 2.39. The molecule has 0 amide bonds. The average Bonchev–Trinajstić information content (AvgIpc) is 3.39. The highest BCUT2D eigenvalue weighted by Crippen LogP contribution is 2.10. The molecule has 146 valence electrons. The van der Waals surface area contributed by atoms with Crippen LogP contribution < -0.4 is 10.6 Å². The van der Waals surface area contributed by atoms with Crippen LogP contribution in [0.5, 0.6) is 0 Å². The van der Waals surface area contributed by atoms with E-state index < -0.39 is 0 Å². The van der Waals surface area contributed by atoms with Crippen molar-refractivity contribution in [3.05, 3.63) is 48.3 Å². The summed E-state index contributed by atoms with van der Waals surface area (Å²) in [6.45, 7) is 7.81. The minimum Gasteiger partial charge on any atom is -0.356 e. The van der Waals surface area contributed by atoms with E-state index in [4.69, 9.17) is 0 Å². The lowest BCUT2D eigenvalue weighted by molar-refractivity contribution is 0.287. The van der Waals surface area contributed by atoms with Gasteiger partial charge < -0.3 is 15.5 Å². The first-order valence-corrected chi connectivity index (χ1v) is 10.0. The molecule has 1 aromatic heterocycles. The van der Waals surface area contributed by atoms with Gasteiger partial charge in [-0.15, -0.1) is 0 Å². The minimum absolute atomic E-state index is 0.622. The summed E-state index contributed by atoms with van der Waals surface area (Å²) in [6, 6.07) is 10.5. The number of guanidine groups is 1. The number of benzene rings is 1. The number of hydrogen-bond donors (Lipinski definition) is 2. The number of nitrogens with one attached hydrogen (secondary N) is 2. The summed E-state index contributed by atoms with van der Waals surface area (Å²) >= 11 is 0. The highest BCUT2D eigenvalue weighted by molar-refractivity contribution is 5.79. The predicted octanol–water partition coefficient (Wildman–Crippen LogP) is 2.31. The van der Waals surface area contributed by atoms with Crippen molar-refractivity contribution >= 4 is 5.96 Å². The molecule has 1 aliphatic heterocycles. The number of hydrogen-bond acceptors (Lipinski definition) is 3. The lowest BCUT2D eigenvalue weighted by Crippen LogP contribution is -2.42. The van der Waals surface area contributed by atoms with Crippen LogP contribution in [0, 0.1) is 5.92 Å². The molecule has 2 N–H and O–H groups in total. The Morgan fingerprint density at radius 3 is 2.63 bits per heavy atom. The molecule has 0 radical (unpaired) electrons. The van der Waals surface area contributed by atoms with Crippen LogP contribution in [-0.4, -0.2) is 60.4 Å². The largest absolute Gasteiger partial charge is 0.356 e. The minimum atomic E-state index is 0.622. The quantitative estimate of drug-likeness (QED) is 0.555. The van der Waals surface area contributed by atoms with E-state index in [1.54, 1.807) is 6.20 Å². The molecular weight excluding hydrogens is 336 g/mol. The fourth-order valence-electron chi connectivity index (χ4n) is 3.52. The van der Waals surface area contributed by atoms with Gasteiger partial charge in [0, 0.05) is 39.1 Å². The Morgan fingerprint density at radius 2 is 1.96 bits per heavy atom.